The number of benzene rings is 1. The summed E-state index contributed by atoms with van der Waals surface area (Å²) in [4.78, 5) is 8.13. The van der Waals surface area contributed by atoms with Gasteiger partial charge in [0.25, 0.3) is 0 Å². The van der Waals surface area contributed by atoms with Gasteiger partial charge in [-0.05, 0) is 46.9 Å². The van der Waals surface area contributed by atoms with Crippen LogP contribution in [0, 0.1) is 0 Å². The van der Waals surface area contributed by atoms with Gasteiger partial charge in [0, 0.05) is 35.9 Å². The Morgan fingerprint density at radius 1 is 0.667 bits per heavy atom. The van der Waals surface area contributed by atoms with E-state index >= 15 is 0 Å². The molecule has 4 aromatic rings. The average Bonchev–Trinajstić information content (AvgIpc) is 3.05. The molecule has 0 bridgehead atoms. The Bertz CT molecular complexity index is 814. The maximum absolute atomic E-state index is 4.31. The molecule has 0 saturated heterocycles. The van der Waals surface area contributed by atoms with Gasteiger partial charge >= 0.3 is 0 Å². The molecule has 3 aromatic heterocycles. The van der Waals surface area contributed by atoms with Crippen molar-refractivity contribution in [3.63, 3.8) is 0 Å². The summed E-state index contributed by atoms with van der Waals surface area (Å²) in [5, 5.41) is 4.31. The predicted molar refractivity (Wildman–Crippen MR) is 83.9 cm³/mol. The standard InChI is InChI=1S/C16H10N4S/c1-2-14(12-5-9-18-10-6-12)16-15(19-20-21-16)13(1)11-3-7-17-8-4-11/h1-10H. The molecule has 0 N–H and O–H groups in total. The van der Waals surface area contributed by atoms with Gasteiger partial charge in [0.2, 0.25) is 0 Å². The summed E-state index contributed by atoms with van der Waals surface area (Å²) in [6.07, 6.45) is 7.17. The zero-order valence-corrected chi connectivity index (χ0v) is 11.8. The van der Waals surface area contributed by atoms with E-state index in [1.807, 2.05) is 24.3 Å². The van der Waals surface area contributed by atoms with Crippen molar-refractivity contribution in [2.24, 2.45) is 0 Å². The molecule has 0 aliphatic heterocycles. The van der Waals surface area contributed by atoms with Crippen molar-refractivity contribution in [2.45, 2.75) is 0 Å². The van der Waals surface area contributed by atoms with Crippen LogP contribution in [0.3, 0.4) is 0 Å². The van der Waals surface area contributed by atoms with Crippen LogP contribution in [0.5, 0.6) is 0 Å². The van der Waals surface area contributed by atoms with E-state index in [0.29, 0.717) is 0 Å². The fraction of sp³-hybridized carbons (Fsp3) is 0. The number of fused-ring (bicyclic) bond motifs is 1. The lowest BCUT2D eigenvalue weighted by Crippen LogP contribution is -1.85. The van der Waals surface area contributed by atoms with E-state index in [2.05, 4.69) is 31.7 Å². The molecule has 0 aliphatic carbocycles. The lowest BCUT2D eigenvalue weighted by molar-refractivity contribution is 1.20. The third-order valence-electron chi connectivity index (χ3n) is 3.39. The highest BCUT2D eigenvalue weighted by molar-refractivity contribution is 7.13. The van der Waals surface area contributed by atoms with Crippen molar-refractivity contribution in [3.8, 4) is 22.3 Å². The monoisotopic (exact) mass is 290 g/mol. The predicted octanol–water partition coefficient (Wildman–Crippen LogP) is 3.82. The maximum atomic E-state index is 4.31. The van der Waals surface area contributed by atoms with Crippen LogP contribution in [0.1, 0.15) is 0 Å². The van der Waals surface area contributed by atoms with Crippen LogP contribution in [0.2, 0.25) is 0 Å². The molecular weight excluding hydrogens is 280 g/mol. The molecule has 0 aliphatic rings. The van der Waals surface area contributed by atoms with Crippen molar-refractivity contribution >= 4 is 21.7 Å². The van der Waals surface area contributed by atoms with Crippen LogP contribution in [0.25, 0.3) is 32.5 Å². The second-order valence-corrected chi connectivity index (χ2v) is 5.34. The Morgan fingerprint density at radius 3 is 1.90 bits per heavy atom. The van der Waals surface area contributed by atoms with Crippen molar-refractivity contribution in [1.82, 2.24) is 19.6 Å². The number of pyridine rings is 2. The molecule has 4 nitrogen and oxygen atoms in total. The summed E-state index contributed by atoms with van der Waals surface area (Å²) in [6, 6.07) is 12.2. The summed E-state index contributed by atoms with van der Waals surface area (Å²) in [5.41, 5.74) is 5.38. The first kappa shape index (κ1) is 12.1. The summed E-state index contributed by atoms with van der Waals surface area (Å²) >= 11 is 1.42. The van der Waals surface area contributed by atoms with Crippen molar-refractivity contribution in [3.05, 3.63) is 61.2 Å². The molecule has 21 heavy (non-hydrogen) atoms. The maximum Gasteiger partial charge on any atom is 0.114 e. The first-order valence-corrected chi connectivity index (χ1v) is 7.27. The van der Waals surface area contributed by atoms with Gasteiger partial charge in [0.05, 0.1) is 4.70 Å². The van der Waals surface area contributed by atoms with Crippen molar-refractivity contribution < 1.29 is 0 Å². The van der Waals surface area contributed by atoms with Gasteiger partial charge < -0.3 is 0 Å². The van der Waals surface area contributed by atoms with E-state index in [1.165, 1.54) is 11.5 Å². The summed E-state index contributed by atoms with van der Waals surface area (Å²) in [7, 11) is 0. The molecular formula is C16H10N4S. The minimum Gasteiger partial charge on any atom is -0.265 e. The number of hydrogen-bond acceptors (Lipinski definition) is 5. The summed E-state index contributed by atoms with van der Waals surface area (Å²) < 4.78 is 5.23. The first-order chi connectivity index (χ1) is 10.4. The van der Waals surface area contributed by atoms with Gasteiger partial charge in [-0.25, -0.2) is 0 Å². The highest BCUT2D eigenvalue weighted by atomic mass is 32.1. The van der Waals surface area contributed by atoms with Crippen LogP contribution in [-0.4, -0.2) is 19.6 Å². The Hall–Kier alpha value is -2.66. The van der Waals surface area contributed by atoms with Crippen molar-refractivity contribution in [2.75, 3.05) is 0 Å². The van der Waals surface area contributed by atoms with Crippen LogP contribution in [0.15, 0.2) is 61.2 Å². The molecule has 0 spiro atoms. The van der Waals surface area contributed by atoms with E-state index < -0.39 is 0 Å². The second kappa shape index (κ2) is 5.03. The Kier molecular flexibility index (Phi) is 2.90. The van der Waals surface area contributed by atoms with Gasteiger partial charge in [-0.1, -0.05) is 16.6 Å². The number of nitrogens with zero attached hydrogens (tertiary/aromatic N) is 4. The molecule has 100 valence electrons. The topological polar surface area (TPSA) is 51.6 Å². The van der Waals surface area contributed by atoms with Gasteiger partial charge in [-0.15, -0.1) is 5.10 Å². The van der Waals surface area contributed by atoms with Gasteiger partial charge in [0.15, 0.2) is 0 Å². The number of rotatable bonds is 2. The van der Waals surface area contributed by atoms with Crippen LogP contribution in [0.4, 0.5) is 0 Å². The molecule has 0 atom stereocenters. The van der Waals surface area contributed by atoms with Gasteiger partial charge in [-0.3, -0.25) is 9.97 Å². The largest absolute Gasteiger partial charge is 0.265 e. The summed E-state index contributed by atoms with van der Waals surface area (Å²) in [6.45, 7) is 0. The number of aromatic nitrogens is 4. The Labute approximate surface area is 125 Å². The molecule has 1 aromatic carbocycles. The quantitative estimate of drug-likeness (QED) is 0.563. The van der Waals surface area contributed by atoms with Crippen LogP contribution >= 0.6 is 11.5 Å². The third-order valence-corrected chi connectivity index (χ3v) is 4.15. The molecule has 0 radical (unpaired) electrons. The lowest BCUT2D eigenvalue weighted by atomic mass is 10.0. The molecule has 0 saturated carbocycles. The highest BCUT2D eigenvalue weighted by Crippen LogP contribution is 2.35. The van der Waals surface area contributed by atoms with E-state index in [-0.39, 0.29) is 0 Å². The molecule has 0 amide bonds. The fourth-order valence-corrected chi connectivity index (χ4v) is 3.11. The normalized spacial score (nSPS) is 10.9. The minimum atomic E-state index is 0.931. The fourth-order valence-electron chi connectivity index (χ4n) is 2.39. The minimum absolute atomic E-state index is 0.931. The van der Waals surface area contributed by atoms with E-state index in [0.717, 1.165) is 32.5 Å². The lowest BCUT2D eigenvalue weighted by Gasteiger charge is -2.06. The van der Waals surface area contributed by atoms with E-state index in [4.69, 9.17) is 0 Å². The van der Waals surface area contributed by atoms with Gasteiger partial charge in [-0.2, -0.15) is 0 Å². The molecule has 3 heterocycles. The van der Waals surface area contributed by atoms with E-state index in [1.54, 1.807) is 24.8 Å². The molecule has 0 fully saturated rings. The Morgan fingerprint density at radius 2 is 1.24 bits per heavy atom. The average molecular weight is 290 g/mol. The third kappa shape index (κ3) is 2.08. The van der Waals surface area contributed by atoms with Crippen LogP contribution < -0.4 is 0 Å². The zero-order valence-electron chi connectivity index (χ0n) is 11.0. The molecule has 5 heteroatoms. The second-order valence-electron chi connectivity index (χ2n) is 4.58. The number of hydrogen-bond donors (Lipinski definition) is 0. The van der Waals surface area contributed by atoms with Crippen molar-refractivity contribution in [1.29, 1.82) is 0 Å². The molecule has 0 unspecified atom stereocenters. The van der Waals surface area contributed by atoms with E-state index in [9.17, 15) is 0 Å². The Balaban J connectivity index is 1.97. The SMILES string of the molecule is c1cc(-c2ccc(-c3ccncc3)c3snnc23)ccn1. The highest BCUT2D eigenvalue weighted by Gasteiger charge is 2.12. The molecule has 4 rings (SSSR count). The summed E-state index contributed by atoms with van der Waals surface area (Å²) in [5.74, 6) is 0. The first-order valence-electron chi connectivity index (χ1n) is 6.49. The van der Waals surface area contributed by atoms with Gasteiger partial charge in [0.1, 0.15) is 5.52 Å². The zero-order chi connectivity index (χ0) is 14.1. The smallest absolute Gasteiger partial charge is 0.114 e. The van der Waals surface area contributed by atoms with Crippen LogP contribution in [-0.2, 0) is 0 Å².